The molecule has 0 radical (unpaired) electrons. The minimum atomic E-state index is -0.734. The van der Waals surface area contributed by atoms with E-state index in [2.05, 4.69) is 32.7 Å². The van der Waals surface area contributed by atoms with Gasteiger partial charge in [-0.2, -0.15) is 0 Å². The van der Waals surface area contributed by atoms with E-state index in [1.54, 1.807) is 34.0 Å². The zero-order chi connectivity index (χ0) is 42.8. The number of methoxy groups -OCH3 is 2. The second-order valence-electron chi connectivity index (χ2n) is 16.5. The van der Waals surface area contributed by atoms with E-state index >= 15 is 0 Å². The molecule has 2 fully saturated rings. The zero-order valence-electron chi connectivity index (χ0n) is 35.3. The molecule has 7 rings (SSSR count). The average molecular weight is 822 g/mol. The molecule has 4 N–H and O–H groups in total. The SMILES string of the molecule is COC(=O)N[C@H](C(=O)N1CCC[C@H]1c1ncc(-c2ccc3c(c2)N(C(C)=O)c2cc(-c4cnc([C@@H]5CCCN5C(=O)[C@@H](NC(=O)OC)C(C)C)[nH]4)ccc2CC3)[nH]1)C(C)C. The number of H-pyrrole nitrogens is 2. The number of fused-ring (bicyclic) bond motifs is 2. The van der Waals surface area contributed by atoms with E-state index in [1.165, 1.54) is 14.2 Å². The Balaban J connectivity index is 1.14. The number of nitrogens with zero attached hydrogens (tertiary/aromatic N) is 5. The van der Waals surface area contributed by atoms with Gasteiger partial charge in [0.15, 0.2) is 0 Å². The number of aryl methyl sites for hydroxylation is 2. The van der Waals surface area contributed by atoms with Crippen LogP contribution < -0.4 is 15.5 Å². The van der Waals surface area contributed by atoms with Gasteiger partial charge in [-0.3, -0.25) is 19.3 Å². The number of benzene rings is 2. The summed E-state index contributed by atoms with van der Waals surface area (Å²) >= 11 is 0. The monoisotopic (exact) mass is 821 g/mol. The number of rotatable bonds is 10. The number of ether oxygens (including phenoxy) is 2. The van der Waals surface area contributed by atoms with E-state index in [0.29, 0.717) is 24.7 Å². The molecule has 2 aromatic heterocycles. The zero-order valence-corrected chi connectivity index (χ0v) is 35.3. The van der Waals surface area contributed by atoms with E-state index < -0.39 is 24.3 Å². The van der Waals surface area contributed by atoms with Crippen LogP contribution in [0, 0.1) is 11.8 Å². The van der Waals surface area contributed by atoms with Crippen molar-refractivity contribution in [2.45, 2.75) is 97.3 Å². The second kappa shape index (κ2) is 17.6. The van der Waals surface area contributed by atoms with Crippen LogP contribution in [0.15, 0.2) is 48.8 Å². The first-order valence-corrected chi connectivity index (χ1v) is 20.8. The van der Waals surface area contributed by atoms with E-state index in [9.17, 15) is 24.0 Å². The van der Waals surface area contributed by atoms with Crippen LogP contribution in [0.2, 0.25) is 0 Å². The third-order valence-corrected chi connectivity index (χ3v) is 11.9. The molecule has 3 aliphatic heterocycles. The Labute approximate surface area is 349 Å². The first-order chi connectivity index (χ1) is 28.8. The molecule has 5 amide bonds. The Hall–Kier alpha value is -6.19. The highest BCUT2D eigenvalue weighted by atomic mass is 16.5. The summed E-state index contributed by atoms with van der Waals surface area (Å²) in [6.07, 6.45) is 6.75. The Morgan fingerprint density at radius 1 is 0.683 bits per heavy atom. The summed E-state index contributed by atoms with van der Waals surface area (Å²) < 4.78 is 9.56. The predicted octanol–water partition coefficient (Wildman–Crippen LogP) is 6.34. The van der Waals surface area contributed by atoms with Gasteiger partial charge in [-0.05, 0) is 73.6 Å². The molecule has 0 spiro atoms. The molecule has 60 heavy (non-hydrogen) atoms. The fraction of sp³-hybridized carbons (Fsp3) is 0.477. The van der Waals surface area contributed by atoms with Gasteiger partial charge in [0.25, 0.3) is 0 Å². The van der Waals surface area contributed by atoms with Crippen LogP contribution in [0.3, 0.4) is 0 Å². The normalized spacial score (nSPS) is 18.4. The fourth-order valence-electron chi connectivity index (χ4n) is 8.73. The third-order valence-electron chi connectivity index (χ3n) is 11.9. The molecule has 16 nitrogen and oxygen atoms in total. The molecule has 0 unspecified atom stereocenters. The van der Waals surface area contributed by atoms with Gasteiger partial charge in [0.05, 0.1) is 61.5 Å². The van der Waals surface area contributed by atoms with Crippen molar-refractivity contribution in [3.63, 3.8) is 0 Å². The highest BCUT2D eigenvalue weighted by molar-refractivity contribution is 6.02. The number of nitrogens with one attached hydrogen (secondary N) is 4. The van der Waals surface area contributed by atoms with Crippen molar-refractivity contribution >= 4 is 41.3 Å². The highest BCUT2D eigenvalue weighted by Crippen LogP contribution is 2.41. The van der Waals surface area contributed by atoms with Gasteiger partial charge in [0.2, 0.25) is 17.7 Å². The van der Waals surface area contributed by atoms with Crippen LogP contribution in [-0.2, 0) is 36.7 Å². The van der Waals surface area contributed by atoms with Gasteiger partial charge in [-0.15, -0.1) is 0 Å². The molecule has 3 aliphatic rings. The number of aromatic nitrogens is 4. The Morgan fingerprint density at radius 2 is 1.10 bits per heavy atom. The lowest BCUT2D eigenvalue weighted by Crippen LogP contribution is -2.51. The number of alkyl carbamates (subject to hydrolysis) is 2. The summed E-state index contributed by atoms with van der Waals surface area (Å²) in [5, 5.41) is 5.39. The van der Waals surface area contributed by atoms with Crippen molar-refractivity contribution in [3.05, 3.63) is 71.6 Å². The lowest BCUT2D eigenvalue weighted by molar-refractivity contribution is -0.136. The molecule has 4 atom stereocenters. The van der Waals surface area contributed by atoms with Crippen LogP contribution in [0.1, 0.15) is 95.2 Å². The standard InChI is InChI=1S/C44H55N9O7/c1-24(2)37(49-43(57)59-6)41(55)51-18-8-10-33(51)39-45-22-31(47-39)29-16-14-27-12-13-28-15-17-30(21-36(28)53(26(5)54)35(27)20-29)32-23-46-40(48-32)34-11-9-19-52(34)42(56)38(25(3)4)50-44(58)60-7/h14-17,20-25,33-34,37-38H,8-13,18-19H2,1-7H3,(H,45,47)(H,46,48)(H,49,57)(H,50,58)/t33-,34-,37-,38-/m0/s1. The maximum atomic E-state index is 13.7. The lowest BCUT2D eigenvalue weighted by Gasteiger charge is -2.30. The van der Waals surface area contributed by atoms with Crippen LogP contribution in [0.5, 0.6) is 0 Å². The molecule has 0 aliphatic carbocycles. The van der Waals surface area contributed by atoms with Crippen molar-refractivity contribution in [3.8, 4) is 22.5 Å². The van der Waals surface area contributed by atoms with Crippen LogP contribution in [0.25, 0.3) is 22.5 Å². The number of anilines is 2. The first-order valence-electron chi connectivity index (χ1n) is 20.8. The van der Waals surface area contributed by atoms with E-state index in [4.69, 9.17) is 19.4 Å². The minimum Gasteiger partial charge on any atom is -0.453 e. The van der Waals surface area contributed by atoms with Gasteiger partial charge in [-0.1, -0.05) is 52.0 Å². The Kier molecular flexibility index (Phi) is 12.3. The summed E-state index contributed by atoms with van der Waals surface area (Å²) in [7, 11) is 2.56. The van der Waals surface area contributed by atoms with Gasteiger partial charge >= 0.3 is 12.2 Å². The maximum absolute atomic E-state index is 13.7. The number of imidazole rings is 2. The van der Waals surface area contributed by atoms with Gasteiger partial charge in [0, 0.05) is 31.1 Å². The van der Waals surface area contributed by atoms with Gasteiger partial charge < -0.3 is 39.9 Å². The summed E-state index contributed by atoms with van der Waals surface area (Å²) in [5.74, 6) is 0.538. The van der Waals surface area contributed by atoms with Crippen molar-refractivity contribution in [1.82, 2.24) is 40.4 Å². The van der Waals surface area contributed by atoms with Crippen LogP contribution in [-0.4, -0.2) is 99.0 Å². The molecule has 2 saturated heterocycles. The number of aromatic amines is 2. The number of hydrogen-bond donors (Lipinski definition) is 4. The van der Waals surface area contributed by atoms with E-state index in [1.807, 2.05) is 52.0 Å². The van der Waals surface area contributed by atoms with Crippen molar-refractivity contribution in [2.75, 3.05) is 32.2 Å². The lowest BCUT2D eigenvalue weighted by atomic mass is 10.0. The van der Waals surface area contributed by atoms with Gasteiger partial charge in [-0.25, -0.2) is 19.6 Å². The van der Waals surface area contributed by atoms with E-state index in [0.717, 1.165) is 83.5 Å². The molecule has 0 saturated carbocycles. The molecular formula is C44H55N9O7. The number of carbonyl (C=O) groups is 5. The summed E-state index contributed by atoms with van der Waals surface area (Å²) in [4.78, 5) is 87.0. The van der Waals surface area contributed by atoms with Gasteiger partial charge in [0.1, 0.15) is 23.7 Å². The molecule has 4 aromatic rings. The summed E-state index contributed by atoms with van der Waals surface area (Å²) in [6.45, 7) is 10.2. The number of amides is 5. The maximum Gasteiger partial charge on any atom is 0.407 e. The van der Waals surface area contributed by atoms with Crippen LogP contribution >= 0.6 is 0 Å². The Morgan fingerprint density at radius 3 is 1.47 bits per heavy atom. The molecule has 0 bridgehead atoms. The molecule has 16 heteroatoms. The predicted molar refractivity (Wildman–Crippen MR) is 224 cm³/mol. The average Bonchev–Trinajstić information content (AvgIpc) is 4.07. The molecule has 318 valence electrons. The third kappa shape index (κ3) is 8.32. The molecule has 2 aromatic carbocycles. The second-order valence-corrected chi connectivity index (χ2v) is 16.5. The smallest absolute Gasteiger partial charge is 0.407 e. The summed E-state index contributed by atoms with van der Waals surface area (Å²) in [6, 6.07) is 10.2. The van der Waals surface area contributed by atoms with Crippen molar-refractivity contribution < 1.29 is 33.4 Å². The van der Waals surface area contributed by atoms with E-state index in [-0.39, 0.29) is 41.6 Å². The van der Waals surface area contributed by atoms with Crippen LogP contribution in [0.4, 0.5) is 21.0 Å². The number of likely N-dealkylation sites (tertiary alicyclic amines) is 2. The number of carbonyl (C=O) groups excluding carboxylic acids is 5. The molecular weight excluding hydrogens is 767 g/mol. The minimum absolute atomic E-state index is 0.134. The quantitative estimate of drug-likeness (QED) is 0.141. The number of hydrogen-bond acceptors (Lipinski definition) is 9. The molecule has 5 heterocycles. The largest absolute Gasteiger partial charge is 0.453 e. The van der Waals surface area contributed by atoms with Crippen molar-refractivity contribution in [1.29, 1.82) is 0 Å². The Bertz CT molecular complexity index is 2110. The first kappa shape index (κ1) is 42.0. The van der Waals surface area contributed by atoms with Crippen molar-refractivity contribution in [2.24, 2.45) is 11.8 Å². The topological polar surface area (TPSA) is 195 Å². The summed E-state index contributed by atoms with van der Waals surface area (Å²) in [5.41, 5.74) is 6.84. The fourth-order valence-corrected chi connectivity index (χ4v) is 8.73. The highest BCUT2D eigenvalue weighted by Gasteiger charge is 2.39.